The summed E-state index contributed by atoms with van der Waals surface area (Å²) in [5, 5.41) is 3.04. The van der Waals surface area contributed by atoms with Crippen LogP contribution in [0.25, 0.3) is 0 Å². The van der Waals surface area contributed by atoms with Gasteiger partial charge in [-0.25, -0.2) is 0 Å². The van der Waals surface area contributed by atoms with Gasteiger partial charge < -0.3 is 25.3 Å². The molecule has 0 spiro atoms. The molecule has 2 rings (SSSR count). The first kappa shape index (κ1) is 16.6. The molecule has 1 aliphatic rings. The highest BCUT2D eigenvalue weighted by molar-refractivity contribution is 5.98. The number of methoxy groups -OCH3 is 1. The highest BCUT2D eigenvalue weighted by Gasteiger charge is 2.21. The van der Waals surface area contributed by atoms with Gasteiger partial charge in [0, 0.05) is 19.3 Å². The second-order valence-corrected chi connectivity index (χ2v) is 5.19. The minimum atomic E-state index is -0.145. The number of para-hydroxylation sites is 1. The van der Waals surface area contributed by atoms with Crippen molar-refractivity contribution in [3.05, 3.63) is 23.8 Å². The second-order valence-electron chi connectivity index (χ2n) is 5.19. The van der Waals surface area contributed by atoms with E-state index in [2.05, 4.69) is 5.32 Å². The van der Waals surface area contributed by atoms with Crippen LogP contribution in [0.5, 0.6) is 11.5 Å². The van der Waals surface area contributed by atoms with E-state index in [9.17, 15) is 4.79 Å². The molecule has 1 saturated heterocycles. The van der Waals surface area contributed by atoms with Crippen LogP contribution in [0.2, 0.25) is 0 Å². The summed E-state index contributed by atoms with van der Waals surface area (Å²) in [5.41, 5.74) is 5.97. The van der Waals surface area contributed by atoms with Crippen LogP contribution < -0.4 is 20.5 Å². The van der Waals surface area contributed by atoms with Crippen molar-refractivity contribution in [3.8, 4) is 11.5 Å². The molecule has 1 heterocycles. The number of hydrogen-bond donors (Lipinski definition) is 2. The lowest BCUT2D eigenvalue weighted by molar-refractivity contribution is 0.0694. The van der Waals surface area contributed by atoms with Crippen molar-refractivity contribution < 1.29 is 19.0 Å². The van der Waals surface area contributed by atoms with Crippen molar-refractivity contribution in [3.63, 3.8) is 0 Å². The van der Waals surface area contributed by atoms with Crippen LogP contribution in [0, 0.1) is 0 Å². The smallest absolute Gasteiger partial charge is 0.255 e. The third-order valence-corrected chi connectivity index (χ3v) is 3.59. The van der Waals surface area contributed by atoms with Gasteiger partial charge in [0.15, 0.2) is 11.5 Å². The van der Waals surface area contributed by atoms with Gasteiger partial charge in [-0.05, 0) is 37.9 Å². The van der Waals surface area contributed by atoms with Gasteiger partial charge in [0.1, 0.15) is 0 Å². The molecule has 1 aromatic rings. The van der Waals surface area contributed by atoms with Crippen molar-refractivity contribution in [1.29, 1.82) is 0 Å². The van der Waals surface area contributed by atoms with Crippen LogP contribution >= 0.6 is 0 Å². The van der Waals surface area contributed by atoms with Crippen molar-refractivity contribution in [2.24, 2.45) is 5.73 Å². The van der Waals surface area contributed by atoms with E-state index in [1.807, 2.05) is 0 Å². The van der Waals surface area contributed by atoms with E-state index < -0.39 is 0 Å². The van der Waals surface area contributed by atoms with Gasteiger partial charge in [-0.2, -0.15) is 0 Å². The van der Waals surface area contributed by atoms with Crippen molar-refractivity contribution in [1.82, 2.24) is 5.32 Å². The first-order chi connectivity index (χ1) is 10.8. The molecule has 1 fully saturated rings. The van der Waals surface area contributed by atoms with Gasteiger partial charge in [-0.1, -0.05) is 6.07 Å². The van der Waals surface area contributed by atoms with Crippen LogP contribution in [-0.2, 0) is 4.74 Å². The summed E-state index contributed by atoms with van der Waals surface area (Å²) in [5.74, 6) is 0.883. The Kier molecular flexibility index (Phi) is 6.48. The third-order valence-electron chi connectivity index (χ3n) is 3.59. The van der Waals surface area contributed by atoms with E-state index >= 15 is 0 Å². The standard InChI is InChI=1S/C16H24N2O4/c1-20-14-5-2-4-13(15(14)22-9-3-8-17)16(19)18-12-6-10-21-11-7-12/h2,4-5,12H,3,6-11,17H2,1H3,(H,18,19). The lowest BCUT2D eigenvalue weighted by Crippen LogP contribution is -2.39. The highest BCUT2D eigenvalue weighted by Crippen LogP contribution is 2.31. The van der Waals surface area contributed by atoms with Gasteiger partial charge in [-0.3, -0.25) is 4.79 Å². The molecule has 0 saturated carbocycles. The Labute approximate surface area is 130 Å². The fourth-order valence-electron chi connectivity index (χ4n) is 2.37. The molecular formula is C16H24N2O4. The fourth-order valence-corrected chi connectivity index (χ4v) is 2.37. The van der Waals surface area contributed by atoms with E-state index in [1.165, 1.54) is 0 Å². The summed E-state index contributed by atoms with van der Waals surface area (Å²) in [6, 6.07) is 5.45. The van der Waals surface area contributed by atoms with E-state index in [1.54, 1.807) is 25.3 Å². The van der Waals surface area contributed by atoms with E-state index in [4.69, 9.17) is 19.9 Å². The molecule has 3 N–H and O–H groups in total. The normalized spacial score (nSPS) is 15.4. The first-order valence-electron chi connectivity index (χ1n) is 7.64. The molecule has 0 radical (unpaired) electrons. The number of nitrogens with one attached hydrogen (secondary N) is 1. The molecule has 1 amide bonds. The molecular weight excluding hydrogens is 284 g/mol. The highest BCUT2D eigenvalue weighted by atomic mass is 16.5. The summed E-state index contributed by atoms with van der Waals surface area (Å²) in [6.07, 6.45) is 2.39. The molecule has 6 nitrogen and oxygen atoms in total. The van der Waals surface area contributed by atoms with Crippen LogP contribution in [0.4, 0.5) is 0 Å². The monoisotopic (exact) mass is 308 g/mol. The van der Waals surface area contributed by atoms with Crippen LogP contribution in [0.1, 0.15) is 29.6 Å². The average molecular weight is 308 g/mol. The molecule has 1 aliphatic heterocycles. The Morgan fingerprint density at radius 2 is 2.18 bits per heavy atom. The summed E-state index contributed by atoms with van der Waals surface area (Å²) in [6.45, 7) is 2.36. The zero-order chi connectivity index (χ0) is 15.8. The van der Waals surface area contributed by atoms with E-state index in [-0.39, 0.29) is 11.9 Å². The maximum absolute atomic E-state index is 12.5. The molecule has 0 unspecified atom stereocenters. The number of benzene rings is 1. The predicted molar refractivity (Wildman–Crippen MR) is 83.5 cm³/mol. The Bertz CT molecular complexity index is 487. The molecule has 1 aromatic carbocycles. The van der Waals surface area contributed by atoms with Gasteiger partial charge in [0.2, 0.25) is 0 Å². The minimum absolute atomic E-state index is 0.143. The molecule has 6 heteroatoms. The fraction of sp³-hybridized carbons (Fsp3) is 0.562. The van der Waals surface area contributed by atoms with Crippen LogP contribution in [0.3, 0.4) is 0 Å². The largest absolute Gasteiger partial charge is 0.493 e. The van der Waals surface area contributed by atoms with E-state index in [0.29, 0.717) is 43.4 Å². The quantitative estimate of drug-likeness (QED) is 0.743. The molecule has 0 atom stereocenters. The summed E-state index contributed by atoms with van der Waals surface area (Å²) in [7, 11) is 1.56. The lowest BCUT2D eigenvalue weighted by Gasteiger charge is -2.24. The number of hydrogen-bond acceptors (Lipinski definition) is 5. The zero-order valence-corrected chi connectivity index (χ0v) is 13.0. The SMILES string of the molecule is COc1cccc(C(=O)NC2CCOCC2)c1OCCCN. The molecule has 22 heavy (non-hydrogen) atoms. The molecule has 0 aliphatic carbocycles. The van der Waals surface area contributed by atoms with Crippen LogP contribution in [0.15, 0.2) is 18.2 Å². The summed E-state index contributed by atoms with van der Waals surface area (Å²) >= 11 is 0. The van der Waals surface area contributed by atoms with Crippen molar-refractivity contribution in [2.75, 3.05) is 33.5 Å². The number of carbonyl (C=O) groups is 1. The topological polar surface area (TPSA) is 82.8 Å². The van der Waals surface area contributed by atoms with Gasteiger partial charge in [0.25, 0.3) is 5.91 Å². The van der Waals surface area contributed by atoms with E-state index in [0.717, 1.165) is 19.3 Å². The maximum Gasteiger partial charge on any atom is 0.255 e. The van der Waals surface area contributed by atoms with Crippen molar-refractivity contribution >= 4 is 5.91 Å². The third kappa shape index (κ3) is 4.35. The van der Waals surface area contributed by atoms with Gasteiger partial charge in [0.05, 0.1) is 19.3 Å². The zero-order valence-electron chi connectivity index (χ0n) is 13.0. The van der Waals surface area contributed by atoms with Gasteiger partial charge in [-0.15, -0.1) is 0 Å². The molecule has 122 valence electrons. The number of nitrogens with two attached hydrogens (primary N) is 1. The first-order valence-corrected chi connectivity index (χ1v) is 7.64. The number of carbonyl (C=O) groups excluding carboxylic acids is 1. The Hall–Kier alpha value is -1.79. The average Bonchev–Trinajstić information content (AvgIpc) is 2.56. The number of amides is 1. The summed E-state index contributed by atoms with van der Waals surface area (Å²) < 4.78 is 16.3. The summed E-state index contributed by atoms with van der Waals surface area (Å²) in [4.78, 5) is 12.5. The Balaban J connectivity index is 2.11. The van der Waals surface area contributed by atoms with Gasteiger partial charge >= 0.3 is 0 Å². The number of ether oxygens (including phenoxy) is 3. The minimum Gasteiger partial charge on any atom is -0.493 e. The van der Waals surface area contributed by atoms with Crippen molar-refractivity contribution in [2.45, 2.75) is 25.3 Å². The Morgan fingerprint density at radius 1 is 1.41 bits per heavy atom. The molecule has 0 aromatic heterocycles. The lowest BCUT2D eigenvalue weighted by atomic mass is 10.1. The maximum atomic E-state index is 12.5. The number of rotatable bonds is 7. The predicted octanol–water partition coefficient (Wildman–Crippen LogP) is 1.33. The second kappa shape index (κ2) is 8.60. The molecule has 0 bridgehead atoms. The van der Waals surface area contributed by atoms with Crippen LogP contribution in [-0.4, -0.2) is 45.4 Å². The Morgan fingerprint density at radius 3 is 2.86 bits per heavy atom.